The quantitative estimate of drug-likeness (QED) is 0.690. The number of likely N-dealkylation sites (N-methyl/N-ethyl adjacent to an activating group) is 1. The molecule has 14 heavy (non-hydrogen) atoms. The van der Waals surface area contributed by atoms with E-state index < -0.39 is 0 Å². The molecule has 1 heterocycles. The fourth-order valence-electron chi connectivity index (χ4n) is 1.99. The fourth-order valence-corrected chi connectivity index (χ4v) is 1.99. The lowest BCUT2D eigenvalue weighted by Gasteiger charge is -2.37. The minimum Gasteiger partial charge on any atom is -0.304 e. The molecule has 1 saturated heterocycles. The summed E-state index contributed by atoms with van der Waals surface area (Å²) in [5.74, 6) is 0. The van der Waals surface area contributed by atoms with Gasteiger partial charge in [-0.25, -0.2) is 0 Å². The van der Waals surface area contributed by atoms with Crippen molar-refractivity contribution in [1.82, 2.24) is 9.80 Å². The molecule has 0 N–H and O–H groups in total. The van der Waals surface area contributed by atoms with E-state index in [0.29, 0.717) is 0 Å². The molecule has 1 aliphatic rings. The average Bonchev–Trinajstić information content (AvgIpc) is 2.25. The van der Waals surface area contributed by atoms with Crippen LogP contribution in [0.5, 0.6) is 0 Å². The van der Waals surface area contributed by atoms with Gasteiger partial charge < -0.3 is 4.90 Å². The second-order valence-corrected chi connectivity index (χ2v) is 3.81. The highest BCUT2D eigenvalue weighted by Crippen LogP contribution is 2.10. The fraction of sp³-hybridized carbons (Fsp3) is 1.00. The Morgan fingerprint density at radius 2 is 1.36 bits per heavy atom. The van der Waals surface area contributed by atoms with Crippen molar-refractivity contribution in [2.24, 2.45) is 0 Å². The Morgan fingerprint density at radius 1 is 0.929 bits per heavy atom. The lowest BCUT2D eigenvalue weighted by Crippen LogP contribution is -2.48. The molecule has 1 fully saturated rings. The summed E-state index contributed by atoms with van der Waals surface area (Å²) >= 11 is 0. The minimum atomic E-state index is 0.832. The van der Waals surface area contributed by atoms with Crippen molar-refractivity contribution in [3.8, 4) is 0 Å². The summed E-state index contributed by atoms with van der Waals surface area (Å²) in [7, 11) is 2.21. The molecule has 1 aliphatic heterocycles. The summed E-state index contributed by atoms with van der Waals surface area (Å²) in [6.45, 7) is 13.6. The molecule has 0 bridgehead atoms. The van der Waals surface area contributed by atoms with Gasteiger partial charge in [-0.2, -0.15) is 0 Å². The number of hydrogen-bond acceptors (Lipinski definition) is 2. The van der Waals surface area contributed by atoms with Gasteiger partial charge in [0.25, 0.3) is 0 Å². The number of rotatable bonds is 3. The standard InChI is InChI=1S/C10H22N2.C2H6/c1-4-10(5-2)12-8-6-11(3)7-9-12;1-2/h10H,4-9H2,1-3H3;1-2H3. The van der Waals surface area contributed by atoms with Gasteiger partial charge in [0.05, 0.1) is 0 Å². The Morgan fingerprint density at radius 3 is 1.71 bits per heavy atom. The first kappa shape index (κ1) is 13.9. The van der Waals surface area contributed by atoms with E-state index in [1.165, 1.54) is 39.0 Å². The van der Waals surface area contributed by atoms with E-state index in [1.807, 2.05) is 13.8 Å². The van der Waals surface area contributed by atoms with E-state index >= 15 is 0 Å². The summed E-state index contributed by atoms with van der Waals surface area (Å²) in [5, 5.41) is 0. The Balaban J connectivity index is 0.000000791. The number of hydrogen-bond donors (Lipinski definition) is 0. The molecule has 0 aliphatic carbocycles. The highest BCUT2D eigenvalue weighted by Gasteiger charge is 2.19. The summed E-state index contributed by atoms with van der Waals surface area (Å²) in [5.41, 5.74) is 0. The van der Waals surface area contributed by atoms with Crippen molar-refractivity contribution in [2.45, 2.75) is 46.6 Å². The highest BCUT2D eigenvalue weighted by molar-refractivity contribution is 4.75. The SMILES string of the molecule is CC.CCC(CC)N1CCN(C)CC1. The van der Waals surface area contributed by atoms with Crippen LogP contribution >= 0.6 is 0 Å². The Bertz CT molecular complexity index is 113. The zero-order valence-electron chi connectivity index (χ0n) is 10.7. The summed E-state index contributed by atoms with van der Waals surface area (Å²) in [6.07, 6.45) is 2.61. The smallest absolute Gasteiger partial charge is 0.0113 e. The maximum Gasteiger partial charge on any atom is 0.0113 e. The van der Waals surface area contributed by atoms with E-state index in [0.717, 1.165) is 6.04 Å². The van der Waals surface area contributed by atoms with Gasteiger partial charge in [0, 0.05) is 32.2 Å². The Kier molecular flexibility index (Phi) is 8.20. The normalized spacial score (nSPS) is 19.3. The molecule has 0 radical (unpaired) electrons. The van der Waals surface area contributed by atoms with Crippen LogP contribution in [0.4, 0.5) is 0 Å². The van der Waals surface area contributed by atoms with Crippen LogP contribution in [0, 0.1) is 0 Å². The van der Waals surface area contributed by atoms with Crippen molar-refractivity contribution in [1.29, 1.82) is 0 Å². The number of piperazine rings is 1. The molecule has 86 valence electrons. The summed E-state index contributed by atoms with van der Waals surface area (Å²) < 4.78 is 0. The van der Waals surface area contributed by atoms with Crippen LogP contribution < -0.4 is 0 Å². The summed E-state index contributed by atoms with van der Waals surface area (Å²) in [6, 6.07) is 0.832. The minimum absolute atomic E-state index is 0.832. The van der Waals surface area contributed by atoms with Crippen LogP contribution in [0.2, 0.25) is 0 Å². The highest BCUT2D eigenvalue weighted by atomic mass is 15.3. The second-order valence-electron chi connectivity index (χ2n) is 3.81. The first-order chi connectivity index (χ1) is 6.77. The third-order valence-corrected chi connectivity index (χ3v) is 3.00. The molecule has 2 heteroatoms. The molecule has 1 rings (SSSR count). The van der Waals surface area contributed by atoms with E-state index in [2.05, 4.69) is 30.7 Å². The van der Waals surface area contributed by atoms with E-state index in [9.17, 15) is 0 Å². The molecule has 0 aromatic heterocycles. The first-order valence-corrected chi connectivity index (χ1v) is 6.20. The molecule has 0 aromatic rings. The van der Waals surface area contributed by atoms with Crippen molar-refractivity contribution in [2.75, 3.05) is 33.2 Å². The van der Waals surface area contributed by atoms with Gasteiger partial charge in [-0.3, -0.25) is 4.90 Å². The number of nitrogens with zero attached hydrogens (tertiary/aromatic N) is 2. The molecule has 0 spiro atoms. The molecular weight excluding hydrogens is 172 g/mol. The van der Waals surface area contributed by atoms with Gasteiger partial charge in [-0.05, 0) is 19.9 Å². The van der Waals surface area contributed by atoms with Gasteiger partial charge in [0.2, 0.25) is 0 Å². The van der Waals surface area contributed by atoms with Crippen LogP contribution in [-0.4, -0.2) is 49.1 Å². The third-order valence-electron chi connectivity index (χ3n) is 3.00. The lowest BCUT2D eigenvalue weighted by atomic mass is 10.1. The molecule has 0 saturated carbocycles. The predicted octanol–water partition coefficient (Wildman–Crippen LogP) is 2.45. The van der Waals surface area contributed by atoms with Gasteiger partial charge in [-0.15, -0.1) is 0 Å². The molecule has 2 nitrogen and oxygen atoms in total. The van der Waals surface area contributed by atoms with Crippen molar-refractivity contribution in [3.63, 3.8) is 0 Å². The maximum atomic E-state index is 2.64. The maximum absolute atomic E-state index is 2.64. The molecule has 0 aromatic carbocycles. The Hall–Kier alpha value is -0.0800. The zero-order chi connectivity index (χ0) is 11.0. The average molecular weight is 200 g/mol. The third kappa shape index (κ3) is 4.43. The van der Waals surface area contributed by atoms with Crippen LogP contribution in [0.3, 0.4) is 0 Å². The predicted molar refractivity (Wildman–Crippen MR) is 64.8 cm³/mol. The van der Waals surface area contributed by atoms with Crippen molar-refractivity contribution < 1.29 is 0 Å². The van der Waals surface area contributed by atoms with Crippen LogP contribution in [0.1, 0.15) is 40.5 Å². The Labute approximate surface area is 90.3 Å². The van der Waals surface area contributed by atoms with Crippen LogP contribution in [0.15, 0.2) is 0 Å². The van der Waals surface area contributed by atoms with E-state index in [-0.39, 0.29) is 0 Å². The molecule has 0 amide bonds. The second kappa shape index (κ2) is 8.25. The molecule has 0 atom stereocenters. The first-order valence-electron chi connectivity index (χ1n) is 6.20. The topological polar surface area (TPSA) is 6.48 Å². The largest absolute Gasteiger partial charge is 0.304 e. The van der Waals surface area contributed by atoms with Gasteiger partial charge in [0.15, 0.2) is 0 Å². The lowest BCUT2D eigenvalue weighted by molar-refractivity contribution is 0.107. The van der Waals surface area contributed by atoms with Gasteiger partial charge in [-0.1, -0.05) is 27.7 Å². The van der Waals surface area contributed by atoms with Gasteiger partial charge in [0.1, 0.15) is 0 Å². The molecular formula is C12H28N2. The summed E-state index contributed by atoms with van der Waals surface area (Å²) in [4.78, 5) is 5.05. The zero-order valence-corrected chi connectivity index (χ0v) is 10.7. The van der Waals surface area contributed by atoms with Crippen LogP contribution in [-0.2, 0) is 0 Å². The van der Waals surface area contributed by atoms with Gasteiger partial charge >= 0.3 is 0 Å². The van der Waals surface area contributed by atoms with Crippen molar-refractivity contribution in [3.05, 3.63) is 0 Å². The van der Waals surface area contributed by atoms with Crippen molar-refractivity contribution >= 4 is 0 Å². The van der Waals surface area contributed by atoms with Crippen LogP contribution in [0.25, 0.3) is 0 Å². The molecule has 0 unspecified atom stereocenters. The monoisotopic (exact) mass is 200 g/mol. The van der Waals surface area contributed by atoms with E-state index in [4.69, 9.17) is 0 Å². The van der Waals surface area contributed by atoms with E-state index in [1.54, 1.807) is 0 Å².